The van der Waals surface area contributed by atoms with Gasteiger partial charge in [-0.15, -0.1) is 0 Å². The number of benzene rings is 3. The van der Waals surface area contributed by atoms with Gasteiger partial charge in [0.1, 0.15) is 0 Å². The Balaban J connectivity index is 1.32. The summed E-state index contributed by atoms with van der Waals surface area (Å²) in [6, 6.07) is 24.7. The number of allylic oxidation sites excluding steroid dienone is 12. The van der Waals surface area contributed by atoms with Gasteiger partial charge in [0.15, 0.2) is 0 Å². The second-order valence-corrected chi connectivity index (χ2v) is 14.7. The van der Waals surface area contributed by atoms with Gasteiger partial charge in [-0.05, 0) is 109 Å². The second kappa shape index (κ2) is 18.1. The van der Waals surface area contributed by atoms with Crippen molar-refractivity contribution in [3.05, 3.63) is 178 Å². The summed E-state index contributed by atoms with van der Waals surface area (Å²) < 4.78 is 0. The van der Waals surface area contributed by atoms with Crippen molar-refractivity contribution < 1.29 is 14.4 Å². The number of hydrogen-bond acceptors (Lipinski definition) is 6. The Labute approximate surface area is 337 Å². The quantitative estimate of drug-likeness (QED) is 0.136. The number of carbonyl (C=O) groups is 3. The number of unbranched alkanes of at least 4 members (excludes halogenated alkanes) is 3. The maximum atomic E-state index is 14.4. The van der Waals surface area contributed by atoms with Crippen LogP contribution in [-0.4, -0.2) is 37.0 Å². The van der Waals surface area contributed by atoms with E-state index in [4.69, 9.17) is 0 Å². The van der Waals surface area contributed by atoms with Crippen molar-refractivity contribution in [2.24, 2.45) is 0 Å². The van der Waals surface area contributed by atoms with Gasteiger partial charge in [0.25, 0.3) is 0 Å². The first-order valence-electron chi connectivity index (χ1n) is 20.5. The Kier molecular flexibility index (Phi) is 12.4. The normalized spacial score (nSPS) is 19.7. The lowest BCUT2D eigenvalue weighted by Crippen LogP contribution is -2.32. The zero-order valence-electron chi connectivity index (χ0n) is 33.3. The van der Waals surface area contributed by atoms with Crippen LogP contribution in [-0.2, 0) is 14.4 Å². The van der Waals surface area contributed by atoms with Crippen molar-refractivity contribution in [1.82, 2.24) is 0 Å². The average Bonchev–Trinajstić information content (AvgIpc) is 3.24. The van der Waals surface area contributed by atoms with Crippen molar-refractivity contribution in [3.8, 4) is 0 Å². The molecule has 1 saturated carbocycles. The van der Waals surface area contributed by atoms with E-state index in [0.717, 1.165) is 109 Å². The molecule has 3 aliphatic heterocycles. The van der Waals surface area contributed by atoms with Gasteiger partial charge in [0.05, 0.1) is 16.7 Å². The fourth-order valence-corrected chi connectivity index (χ4v) is 7.67. The number of Topliss-reactive ketones (excluding diaryl/α,β-unsaturated/α-hetero) is 3. The van der Waals surface area contributed by atoms with Crippen LogP contribution >= 0.6 is 0 Å². The monoisotopic (exact) mass is 753 g/mol. The SMILES string of the molecule is CCCCN1/C(=C\C=C2C(=O)C(=C/C=C3/C=Cc4ccccc4N3CCCC)C(=O)C(=C/C=C3\C=Cc4ccccc4N3CCCC)C2=O)C=Cc2ccccc21. The Hall–Kier alpha value is -6.27. The fraction of sp³-hybridized carbons (Fsp3) is 0.235. The van der Waals surface area contributed by atoms with E-state index in [2.05, 4.69) is 90.1 Å². The summed E-state index contributed by atoms with van der Waals surface area (Å²) in [6.45, 7) is 8.86. The topological polar surface area (TPSA) is 60.9 Å². The molecule has 0 spiro atoms. The molecule has 3 aromatic carbocycles. The van der Waals surface area contributed by atoms with Crippen LogP contribution in [0.15, 0.2) is 161 Å². The third-order valence-electron chi connectivity index (χ3n) is 10.9. The van der Waals surface area contributed by atoms with E-state index in [0.29, 0.717) is 0 Å². The summed E-state index contributed by atoms with van der Waals surface area (Å²) in [7, 11) is 0. The summed E-state index contributed by atoms with van der Waals surface area (Å²) in [5, 5.41) is 0. The predicted octanol–water partition coefficient (Wildman–Crippen LogP) is 11.1. The van der Waals surface area contributed by atoms with Crippen LogP contribution in [0.4, 0.5) is 17.1 Å². The maximum Gasteiger partial charge on any atom is 0.200 e. The average molecular weight is 754 g/mol. The number of anilines is 3. The third-order valence-corrected chi connectivity index (χ3v) is 10.9. The molecule has 6 nitrogen and oxygen atoms in total. The molecule has 3 heterocycles. The largest absolute Gasteiger partial charge is 0.341 e. The molecule has 0 aromatic heterocycles. The van der Waals surface area contributed by atoms with Gasteiger partial charge in [0.2, 0.25) is 17.3 Å². The maximum absolute atomic E-state index is 14.4. The molecule has 0 unspecified atom stereocenters. The second-order valence-electron chi connectivity index (χ2n) is 14.7. The van der Waals surface area contributed by atoms with Crippen molar-refractivity contribution in [2.75, 3.05) is 34.3 Å². The van der Waals surface area contributed by atoms with Crippen LogP contribution in [0.5, 0.6) is 0 Å². The first-order valence-corrected chi connectivity index (χ1v) is 20.5. The number of nitrogens with zero attached hydrogens (tertiary/aromatic N) is 3. The Morgan fingerprint density at radius 2 is 0.667 bits per heavy atom. The van der Waals surface area contributed by atoms with E-state index in [9.17, 15) is 14.4 Å². The highest BCUT2D eigenvalue weighted by Gasteiger charge is 2.38. The van der Waals surface area contributed by atoms with Crippen molar-refractivity contribution in [3.63, 3.8) is 0 Å². The molecule has 6 heteroatoms. The minimum absolute atomic E-state index is 0.0288. The summed E-state index contributed by atoms with van der Waals surface area (Å²) in [4.78, 5) is 49.9. The molecule has 3 aromatic rings. The Morgan fingerprint density at radius 3 is 0.947 bits per heavy atom. The molecular formula is C51H51N3O3. The van der Waals surface area contributed by atoms with Crippen molar-refractivity contribution in [1.29, 1.82) is 0 Å². The lowest BCUT2D eigenvalue weighted by Gasteiger charge is -2.30. The van der Waals surface area contributed by atoms with Gasteiger partial charge in [-0.2, -0.15) is 0 Å². The minimum atomic E-state index is -0.569. The van der Waals surface area contributed by atoms with Gasteiger partial charge < -0.3 is 14.7 Å². The highest BCUT2D eigenvalue weighted by atomic mass is 16.2. The number of hydrogen-bond donors (Lipinski definition) is 0. The van der Waals surface area contributed by atoms with E-state index < -0.39 is 17.3 Å². The van der Waals surface area contributed by atoms with Crippen LogP contribution in [0, 0.1) is 0 Å². The summed E-state index contributed by atoms with van der Waals surface area (Å²) in [6.07, 6.45) is 28.6. The zero-order valence-corrected chi connectivity index (χ0v) is 33.3. The number of rotatable bonds is 12. The number of carbonyl (C=O) groups excluding carboxylic acids is 3. The molecule has 1 fully saturated rings. The summed E-state index contributed by atoms with van der Waals surface area (Å²) in [5.74, 6) is -1.71. The fourth-order valence-electron chi connectivity index (χ4n) is 7.67. The minimum Gasteiger partial charge on any atom is -0.341 e. The standard InChI is InChI=1S/C51H51N3O3/c1-4-7-34-52-40(25-22-37-16-10-13-19-46(37)52)28-31-43-49(55)44(32-29-41-26-23-38-17-11-14-20-47(38)53(41)35-8-5-2)51(57)45(50(43)56)33-30-42-27-24-39-18-12-15-21-48(39)54(42)36-9-6-3/h10-33H,4-9,34-36H2,1-3H3/b40-28-,41-29-,42-30+,43-31?,44-32?,45-33?. The van der Waals surface area contributed by atoms with Gasteiger partial charge in [0, 0.05) is 53.8 Å². The summed E-state index contributed by atoms with van der Waals surface area (Å²) in [5.41, 5.74) is 9.14. The predicted molar refractivity (Wildman–Crippen MR) is 237 cm³/mol. The molecular weight excluding hydrogens is 703 g/mol. The van der Waals surface area contributed by atoms with Crippen LogP contribution in [0.1, 0.15) is 76.0 Å². The summed E-state index contributed by atoms with van der Waals surface area (Å²) >= 11 is 0. The van der Waals surface area contributed by atoms with E-state index in [-0.39, 0.29) is 16.7 Å². The smallest absolute Gasteiger partial charge is 0.200 e. The first-order chi connectivity index (χ1) is 27.9. The van der Waals surface area contributed by atoms with Crippen LogP contribution < -0.4 is 14.7 Å². The van der Waals surface area contributed by atoms with E-state index >= 15 is 0 Å². The Morgan fingerprint density at radius 1 is 0.386 bits per heavy atom. The molecule has 0 atom stereocenters. The first kappa shape index (κ1) is 39.0. The molecule has 57 heavy (non-hydrogen) atoms. The highest BCUT2D eigenvalue weighted by molar-refractivity contribution is 6.52. The van der Waals surface area contributed by atoms with E-state index in [1.807, 2.05) is 72.9 Å². The Bertz CT molecular complexity index is 2060. The molecule has 4 aliphatic rings. The van der Waals surface area contributed by atoms with Gasteiger partial charge >= 0.3 is 0 Å². The van der Waals surface area contributed by atoms with Gasteiger partial charge in [-0.3, -0.25) is 14.4 Å². The number of ketones is 3. The molecule has 7 rings (SSSR count). The molecule has 0 saturated heterocycles. The number of para-hydroxylation sites is 3. The van der Waals surface area contributed by atoms with Gasteiger partial charge in [-0.1, -0.05) is 113 Å². The molecule has 0 radical (unpaired) electrons. The molecule has 0 N–H and O–H groups in total. The molecule has 1 aliphatic carbocycles. The molecule has 288 valence electrons. The highest BCUT2D eigenvalue weighted by Crippen LogP contribution is 2.35. The van der Waals surface area contributed by atoms with Crippen LogP contribution in [0.2, 0.25) is 0 Å². The van der Waals surface area contributed by atoms with E-state index in [1.165, 1.54) is 0 Å². The lowest BCUT2D eigenvalue weighted by molar-refractivity contribution is -0.124. The number of fused-ring (bicyclic) bond motifs is 3. The zero-order chi connectivity index (χ0) is 39.7. The van der Waals surface area contributed by atoms with Gasteiger partial charge in [-0.25, -0.2) is 0 Å². The molecule has 0 amide bonds. The van der Waals surface area contributed by atoms with E-state index in [1.54, 1.807) is 18.2 Å². The third kappa shape index (κ3) is 8.31. The van der Waals surface area contributed by atoms with Crippen molar-refractivity contribution in [2.45, 2.75) is 59.3 Å². The van der Waals surface area contributed by atoms with Crippen LogP contribution in [0.25, 0.3) is 18.2 Å². The molecule has 0 bridgehead atoms. The van der Waals surface area contributed by atoms with Crippen molar-refractivity contribution >= 4 is 52.6 Å². The van der Waals surface area contributed by atoms with Crippen LogP contribution in [0.3, 0.4) is 0 Å². The lowest BCUT2D eigenvalue weighted by atomic mass is 9.82.